The number of anilines is 2. The fourth-order valence-corrected chi connectivity index (χ4v) is 5.19. The van der Waals surface area contributed by atoms with Gasteiger partial charge in [0.15, 0.2) is 0 Å². The smallest absolute Gasteiger partial charge is 0.263 e. The van der Waals surface area contributed by atoms with Crippen molar-refractivity contribution in [3.63, 3.8) is 0 Å². The number of hydrogen-bond donors (Lipinski definition) is 2. The molecule has 1 saturated heterocycles. The van der Waals surface area contributed by atoms with Gasteiger partial charge >= 0.3 is 0 Å². The predicted molar refractivity (Wildman–Crippen MR) is 138 cm³/mol. The number of nitrogens with one attached hydrogen (secondary N) is 1. The number of nitrogens with zero attached hydrogens (tertiary/aromatic N) is 4. The van der Waals surface area contributed by atoms with Crippen LogP contribution in [-0.2, 0) is 4.79 Å². The first-order chi connectivity index (χ1) is 17.5. The molecule has 2 aromatic carbocycles. The Morgan fingerprint density at radius 1 is 1.08 bits per heavy atom. The van der Waals surface area contributed by atoms with Crippen LogP contribution in [0.2, 0.25) is 0 Å². The van der Waals surface area contributed by atoms with Crippen molar-refractivity contribution < 1.29 is 9.53 Å². The van der Waals surface area contributed by atoms with Crippen molar-refractivity contribution >= 4 is 17.5 Å². The van der Waals surface area contributed by atoms with E-state index >= 15 is 0 Å². The number of amides is 1. The summed E-state index contributed by atoms with van der Waals surface area (Å²) < 4.78 is 5.91. The second kappa shape index (κ2) is 9.70. The summed E-state index contributed by atoms with van der Waals surface area (Å²) in [6.07, 6.45) is 5.33. The molecule has 5 rings (SSSR count). The van der Waals surface area contributed by atoms with Gasteiger partial charge in [0.25, 0.3) is 5.91 Å². The summed E-state index contributed by atoms with van der Waals surface area (Å²) in [6, 6.07) is 19.5. The molecule has 8 heteroatoms. The Labute approximate surface area is 210 Å². The molecule has 8 nitrogen and oxygen atoms in total. The maximum atomic E-state index is 12.3. The number of carbonyl (C=O) groups is 1. The van der Waals surface area contributed by atoms with Crippen LogP contribution < -0.4 is 15.8 Å². The molecule has 1 aromatic heterocycles. The van der Waals surface area contributed by atoms with Crippen LogP contribution in [-0.4, -0.2) is 39.9 Å². The number of aromatic nitrogens is 2. The molecule has 1 saturated carbocycles. The molecular formula is C28H28N6O2. The second-order valence-corrected chi connectivity index (χ2v) is 9.40. The van der Waals surface area contributed by atoms with E-state index in [0.717, 1.165) is 48.3 Å². The lowest BCUT2D eigenvalue weighted by molar-refractivity contribution is -0.130. The predicted octanol–water partition coefficient (Wildman–Crippen LogP) is 4.78. The average Bonchev–Trinajstić information content (AvgIpc) is 2.91. The lowest BCUT2D eigenvalue weighted by atomic mass is 9.59. The minimum atomic E-state index is -0.262. The minimum absolute atomic E-state index is 0.00414. The van der Waals surface area contributed by atoms with Crippen LogP contribution in [0.4, 0.5) is 11.6 Å². The van der Waals surface area contributed by atoms with E-state index in [0.29, 0.717) is 24.7 Å². The fraction of sp³-hybridized carbons (Fsp3) is 0.286. The van der Waals surface area contributed by atoms with Crippen LogP contribution in [0, 0.1) is 16.7 Å². The molecule has 2 fully saturated rings. The number of piperidine rings is 1. The van der Waals surface area contributed by atoms with Crippen LogP contribution in [0.15, 0.2) is 73.1 Å². The molecule has 1 spiro atoms. The van der Waals surface area contributed by atoms with Gasteiger partial charge in [-0.2, -0.15) is 5.26 Å². The zero-order valence-corrected chi connectivity index (χ0v) is 20.0. The molecule has 1 atom stereocenters. The number of para-hydroxylation sites is 1. The summed E-state index contributed by atoms with van der Waals surface area (Å²) in [7, 11) is 0. The van der Waals surface area contributed by atoms with Gasteiger partial charge in [0.2, 0.25) is 0 Å². The van der Waals surface area contributed by atoms with Crippen LogP contribution >= 0.6 is 0 Å². The quantitative estimate of drug-likeness (QED) is 0.385. The standard InChI is InChI=1S/C28H28N6O2/c1-19(17-29)27(35)34-15-13-28(14-16-34)12-11-23(28)33-26-24(25(30)31-18-32-26)20-7-9-22(10-8-20)36-21-5-3-2-4-6-21/h2-10,18,23H,1,11-16H2,(H3,30,31,32,33). The van der Waals surface area contributed by atoms with Gasteiger partial charge in [0.1, 0.15) is 41.1 Å². The van der Waals surface area contributed by atoms with Crippen LogP contribution in [0.25, 0.3) is 11.1 Å². The molecule has 1 aliphatic heterocycles. The van der Waals surface area contributed by atoms with Crippen LogP contribution in [0.5, 0.6) is 11.5 Å². The topological polar surface area (TPSA) is 117 Å². The third-order valence-electron chi connectivity index (χ3n) is 7.42. The summed E-state index contributed by atoms with van der Waals surface area (Å²) in [4.78, 5) is 22.8. The van der Waals surface area contributed by atoms with Crippen molar-refractivity contribution in [3.05, 3.63) is 73.1 Å². The van der Waals surface area contributed by atoms with Gasteiger partial charge in [0.05, 0.1) is 5.56 Å². The monoisotopic (exact) mass is 480 g/mol. The molecule has 0 bridgehead atoms. The first kappa shape index (κ1) is 23.4. The minimum Gasteiger partial charge on any atom is -0.457 e. The molecule has 1 aliphatic carbocycles. The first-order valence-electron chi connectivity index (χ1n) is 12.1. The third kappa shape index (κ3) is 4.48. The Kier molecular flexibility index (Phi) is 6.30. The molecule has 182 valence electrons. The van der Waals surface area contributed by atoms with Crippen molar-refractivity contribution in [2.45, 2.75) is 31.7 Å². The lowest BCUT2D eigenvalue weighted by Gasteiger charge is -2.54. The molecule has 0 radical (unpaired) electrons. The number of carbonyl (C=O) groups excluding carboxylic acids is 1. The van der Waals surface area contributed by atoms with Gasteiger partial charge in [-0.1, -0.05) is 36.9 Å². The lowest BCUT2D eigenvalue weighted by Crippen LogP contribution is -2.56. The van der Waals surface area contributed by atoms with Gasteiger partial charge in [0, 0.05) is 19.1 Å². The Bertz CT molecular complexity index is 1310. The summed E-state index contributed by atoms with van der Waals surface area (Å²) in [5.41, 5.74) is 8.07. The van der Waals surface area contributed by atoms with Crippen molar-refractivity contribution in [2.75, 3.05) is 24.1 Å². The van der Waals surface area contributed by atoms with Gasteiger partial charge in [-0.15, -0.1) is 0 Å². The number of benzene rings is 2. The normalized spacial score (nSPS) is 18.1. The summed E-state index contributed by atoms with van der Waals surface area (Å²) in [5.74, 6) is 2.36. The highest BCUT2D eigenvalue weighted by Gasteiger charge is 2.49. The van der Waals surface area contributed by atoms with E-state index in [9.17, 15) is 4.79 Å². The Morgan fingerprint density at radius 3 is 2.42 bits per heavy atom. The summed E-state index contributed by atoms with van der Waals surface area (Å²) >= 11 is 0. The molecule has 36 heavy (non-hydrogen) atoms. The largest absolute Gasteiger partial charge is 0.457 e. The van der Waals surface area contributed by atoms with E-state index in [1.165, 1.54) is 6.33 Å². The summed E-state index contributed by atoms with van der Waals surface area (Å²) in [6.45, 7) is 4.81. The maximum Gasteiger partial charge on any atom is 0.263 e. The van der Waals surface area contributed by atoms with Crippen molar-refractivity contribution in [3.8, 4) is 28.7 Å². The zero-order valence-electron chi connectivity index (χ0n) is 20.0. The van der Waals surface area contributed by atoms with E-state index in [-0.39, 0.29) is 22.9 Å². The number of rotatable bonds is 6. The molecule has 1 amide bonds. The summed E-state index contributed by atoms with van der Waals surface area (Å²) in [5, 5.41) is 12.6. The zero-order chi connectivity index (χ0) is 25.1. The van der Waals surface area contributed by atoms with Crippen molar-refractivity contribution in [1.82, 2.24) is 14.9 Å². The van der Waals surface area contributed by atoms with Gasteiger partial charge in [-0.3, -0.25) is 4.79 Å². The highest BCUT2D eigenvalue weighted by molar-refractivity contribution is 5.96. The number of ether oxygens (including phenoxy) is 1. The second-order valence-electron chi connectivity index (χ2n) is 9.40. The number of nitrogens with two attached hydrogens (primary N) is 1. The van der Waals surface area contributed by atoms with E-state index in [1.807, 2.05) is 60.7 Å². The van der Waals surface area contributed by atoms with Crippen LogP contribution in [0.1, 0.15) is 25.7 Å². The maximum absolute atomic E-state index is 12.3. The highest BCUT2D eigenvalue weighted by atomic mass is 16.5. The molecule has 3 N–H and O–H groups in total. The number of nitrogen functional groups attached to an aromatic ring is 1. The Balaban J connectivity index is 1.30. The first-order valence-corrected chi connectivity index (χ1v) is 12.1. The van der Waals surface area contributed by atoms with Gasteiger partial charge in [-0.25, -0.2) is 9.97 Å². The third-order valence-corrected chi connectivity index (χ3v) is 7.42. The van der Waals surface area contributed by atoms with Crippen molar-refractivity contribution in [2.24, 2.45) is 5.41 Å². The SMILES string of the molecule is C=C(C#N)C(=O)N1CCC2(CCC2Nc2ncnc(N)c2-c2ccc(Oc3ccccc3)cc2)CC1. The van der Waals surface area contributed by atoms with Crippen LogP contribution in [0.3, 0.4) is 0 Å². The van der Waals surface area contributed by atoms with E-state index < -0.39 is 0 Å². The van der Waals surface area contributed by atoms with E-state index in [4.69, 9.17) is 15.7 Å². The average molecular weight is 481 g/mol. The molecule has 2 aliphatic rings. The number of nitriles is 1. The molecule has 3 aromatic rings. The van der Waals surface area contributed by atoms with E-state index in [1.54, 1.807) is 4.90 Å². The Hall–Kier alpha value is -4.38. The van der Waals surface area contributed by atoms with Gasteiger partial charge < -0.3 is 20.7 Å². The van der Waals surface area contributed by atoms with Gasteiger partial charge in [-0.05, 0) is 60.9 Å². The van der Waals surface area contributed by atoms with Crippen molar-refractivity contribution in [1.29, 1.82) is 5.26 Å². The fourth-order valence-electron chi connectivity index (χ4n) is 5.19. The van der Waals surface area contributed by atoms with E-state index in [2.05, 4.69) is 21.9 Å². The number of likely N-dealkylation sites (tertiary alicyclic amines) is 1. The Morgan fingerprint density at radius 2 is 1.78 bits per heavy atom. The molecule has 2 heterocycles. The molecule has 1 unspecified atom stereocenters. The highest BCUT2D eigenvalue weighted by Crippen LogP contribution is 2.51. The molecular weight excluding hydrogens is 452 g/mol. The number of hydrogen-bond acceptors (Lipinski definition) is 7.